The Bertz CT molecular complexity index is 606. The number of aromatic nitrogens is 2. The number of likely N-dealkylation sites (N-methyl/N-ethyl adjacent to an activating group) is 2. The van der Waals surface area contributed by atoms with E-state index in [1.165, 1.54) is 19.0 Å². The number of carbonyl (C=O) groups is 3. The van der Waals surface area contributed by atoms with Crippen LogP contribution in [0.15, 0.2) is 4.34 Å². The fraction of sp³-hybridized carbons (Fsp3) is 0.615. The number of nitrogens with zero attached hydrogens (tertiary/aromatic N) is 4. The van der Waals surface area contributed by atoms with Crippen LogP contribution in [0, 0.1) is 6.92 Å². The van der Waals surface area contributed by atoms with Crippen LogP contribution in [0.5, 0.6) is 0 Å². The van der Waals surface area contributed by atoms with Crippen molar-refractivity contribution in [3.8, 4) is 0 Å². The van der Waals surface area contributed by atoms with Gasteiger partial charge in [0.2, 0.25) is 5.91 Å². The maximum atomic E-state index is 11.9. The maximum absolute atomic E-state index is 11.9. The Balaban J connectivity index is 1.65. The minimum Gasteiger partial charge on any atom is -0.356 e. The van der Waals surface area contributed by atoms with Gasteiger partial charge in [0.25, 0.3) is 5.91 Å². The lowest BCUT2D eigenvalue weighted by Gasteiger charge is -2.15. The van der Waals surface area contributed by atoms with Crippen molar-refractivity contribution in [1.82, 2.24) is 25.3 Å². The molecule has 4 amide bonds. The van der Waals surface area contributed by atoms with Crippen LogP contribution in [0.3, 0.4) is 0 Å². The van der Waals surface area contributed by atoms with Crippen LogP contribution in [0.1, 0.15) is 17.8 Å². The van der Waals surface area contributed by atoms with Crippen LogP contribution >= 0.6 is 23.1 Å². The van der Waals surface area contributed by atoms with Gasteiger partial charge < -0.3 is 10.2 Å². The van der Waals surface area contributed by atoms with Crippen LogP contribution in [0.2, 0.25) is 0 Å². The summed E-state index contributed by atoms with van der Waals surface area (Å²) in [5.74, 6) is 0.267. The lowest BCUT2D eigenvalue weighted by molar-refractivity contribution is -0.131. The van der Waals surface area contributed by atoms with Gasteiger partial charge >= 0.3 is 6.03 Å². The van der Waals surface area contributed by atoms with E-state index in [0.717, 1.165) is 26.4 Å². The molecule has 1 aromatic heterocycles. The molecule has 2 heterocycles. The molecule has 0 aromatic carbocycles. The predicted octanol–water partition coefficient (Wildman–Crippen LogP) is 0.727. The second-order valence-electron chi connectivity index (χ2n) is 5.15. The Morgan fingerprint density at radius 1 is 1.35 bits per heavy atom. The highest BCUT2D eigenvalue weighted by Gasteiger charge is 2.41. The Hall–Kier alpha value is -1.68. The molecule has 23 heavy (non-hydrogen) atoms. The van der Waals surface area contributed by atoms with Crippen LogP contribution in [-0.4, -0.2) is 70.3 Å². The first-order chi connectivity index (χ1) is 10.9. The Morgan fingerprint density at radius 3 is 2.65 bits per heavy atom. The van der Waals surface area contributed by atoms with E-state index < -0.39 is 6.04 Å². The zero-order chi connectivity index (χ0) is 17.0. The molecule has 0 saturated carbocycles. The van der Waals surface area contributed by atoms with Crippen LogP contribution in [0.4, 0.5) is 4.79 Å². The molecule has 1 aliphatic rings. The molecule has 0 aliphatic carbocycles. The number of aryl methyl sites for hydroxylation is 1. The average molecular weight is 357 g/mol. The van der Waals surface area contributed by atoms with Crippen molar-refractivity contribution in [3.05, 3.63) is 5.01 Å². The average Bonchev–Trinajstić information content (AvgIpc) is 3.00. The molecule has 10 heteroatoms. The zero-order valence-corrected chi connectivity index (χ0v) is 14.9. The van der Waals surface area contributed by atoms with Crippen molar-refractivity contribution in [2.45, 2.75) is 30.1 Å². The summed E-state index contributed by atoms with van der Waals surface area (Å²) in [6.07, 6.45) is 0.788. The summed E-state index contributed by atoms with van der Waals surface area (Å²) in [6, 6.07) is -1.08. The molecule has 0 bridgehead atoms. The van der Waals surface area contributed by atoms with Gasteiger partial charge in [-0.15, -0.1) is 10.2 Å². The molecule has 0 spiro atoms. The van der Waals surface area contributed by atoms with Gasteiger partial charge in [0.15, 0.2) is 4.34 Å². The number of hydrogen-bond donors (Lipinski definition) is 1. The third kappa shape index (κ3) is 4.41. The molecule has 8 nitrogen and oxygen atoms in total. The van der Waals surface area contributed by atoms with E-state index in [2.05, 4.69) is 15.5 Å². The zero-order valence-electron chi connectivity index (χ0n) is 13.2. The van der Waals surface area contributed by atoms with E-state index >= 15 is 0 Å². The van der Waals surface area contributed by atoms with E-state index in [0.29, 0.717) is 6.54 Å². The van der Waals surface area contributed by atoms with Gasteiger partial charge in [-0.1, -0.05) is 23.1 Å². The van der Waals surface area contributed by atoms with Gasteiger partial charge in [0, 0.05) is 26.4 Å². The highest BCUT2D eigenvalue weighted by molar-refractivity contribution is 8.01. The van der Waals surface area contributed by atoms with Gasteiger partial charge in [-0.25, -0.2) is 4.79 Å². The molecule has 1 N–H and O–H groups in total. The minimum atomic E-state index is -0.703. The van der Waals surface area contributed by atoms with Crippen molar-refractivity contribution < 1.29 is 14.4 Å². The molecule has 1 atom stereocenters. The molecule has 1 fully saturated rings. The summed E-state index contributed by atoms with van der Waals surface area (Å²) in [5, 5.41) is 11.7. The van der Waals surface area contributed by atoms with Crippen LogP contribution in [0.25, 0.3) is 0 Å². The summed E-state index contributed by atoms with van der Waals surface area (Å²) in [5.41, 5.74) is 0. The third-order valence-corrected chi connectivity index (χ3v) is 5.49. The van der Waals surface area contributed by atoms with Gasteiger partial charge in [0.05, 0.1) is 6.42 Å². The Labute approximate surface area is 142 Å². The summed E-state index contributed by atoms with van der Waals surface area (Å²) < 4.78 is 0.925. The fourth-order valence-electron chi connectivity index (χ4n) is 2.12. The standard InChI is InChI=1S/C13H19N5O3S2/c1-8-15-16-12(23-8)22-6-4-5-14-10(19)7-9-11(20)18(3)13(21)17(9)2/h9H,4-7H2,1-3H3,(H,14,19). The molecule has 1 aliphatic heterocycles. The van der Waals surface area contributed by atoms with E-state index in [-0.39, 0.29) is 24.3 Å². The largest absolute Gasteiger partial charge is 0.356 e. The minimum absolute atomic E-state index is 0.00580. The topological polar surface area (TPSA) is 95.5 Å². The van der Waals surface area contributed by atoms with Crippen molar-refractivity contribution in [2.24, 2.45) is 0 Å². The quantitative estimate of drug-likeness (QED) is 0.439. The molecule has 1 unspecified atom stereocenters. The van der Waals surface area contributed by atoms with Crippen molar-refractivity contribution in [2.75, 3.05) is 26.4 Å². The molecule has 1 aromatic rings. The third-order valence-electron chi connectivity index (χ3n) is 3.43. The first-order valence-corrected chi connectivity index (χ1v) is 8.94. The first kappa shape index (κ1) is 17.7. The number of carbonyl (C=O) groups excluding carboxylic acids is 3. The summed E-state index contributed by atoms with van der Waals surface area (Å²) >= 11 is 3.16. The second kappa shape index (κ2) is 7.73. The lowest BCUT2D eigenvalue weighted by Crippen LogP contribution is -2.37. The van der Waals surface area contributed by atoms with Crippen LogP contribution in [-0.2, 0) is 9.59 Å². The number of nitrogens with one attached hydrogen (secondary N) is 1. The summed E-state index contributed by atoms with van der Waals surface area (Å²) in [4.78, 5) is 37.7. The highest BCUT2D eigenvalue weighted by Crippen LogP contribution is 2.22. The smallest absolute Gasteiger partial charge is 0.326 e. The van der Waals surface area contributed by atoms with Gasteiger partial charge in [0.1, 0.15) is 11.0 Å². The van der Waals surface area contributed by atoms with Crippen molar-refractivity contribution in [3.63, 3.8) is 0 Å². The number of urea groups is 1. The number of thioether (sulfide) groups is 1. The van der Waals surface area contributed by atoms with Crippen molar-refractivity contribution >= 4 is 40.9 Å². The molecular weight excluding hydrogens is 338 g/mol. The van der Waals surface area contributed by atoms with E-state index in [1.807, 2.05) is 6.92 Å². The molecule has 2 rings (SSSR count). The maximum Gasteiger partial charge on any atom is 0.326 e. The van der Waals surface area contributed by atoms with E-state index in [1.54, 1.807) is 23.1 Å². The Morgan fingerprint density at radius 2 is 2.09 bits per heavy atom. The number of amides is 4. The molecule has 1 saturated heterocycles. The van der Waals surface area contributed by atoms with Crippen molar-refractivity contribution in [1.29, 1.82) is 0 Å². The van der Waals surface area contributed by atoms with Gasteiger partial charge in [-0.05, 0) is 13.3 Å². The monoisotopic (exact) mass is 357 g/mol. The van der Waals surface area contributed by atoms with E-state index in [9.17, 15) is 14.4 Å². The SMILES string of the molecule is Cc1nnc(SCCCNC(=O)CC2C(=O)N(C)C(=O)N2C)s1. The molecular formula is C13H19N5O3S2. The normalized spacial score (nSPS) is 18.0. The second-order valence-corrected chi connectivity index (χ2v) is 7.67. The number of imide groups is 1. The van der Waals surface area contributed by atoms with Crippen LogP contribution < -0.4 is 5.32 Å². The van der Waals surface area contributed by atoms with Gasteiger partial charge in [-0.2, -0.15) is 0 Å². The molecule has 126 valence electrons. The molecule has 0 radical (unpaired) electrons. The van der Waals surface area contributed by atoms with E-state index in [4.69, 9.17) is 0 Å². The highest BCUT2D eigenvalue weighted by atomic mass is 32.2. The Kier molecular flexibility index (Phi) is 5.94. The van der Waals surface area contributed by atoms with Gasteiger partial charge in [-0.3, -0.25) is 14.5 Å². The summed E-state index contributed by atoms with van der Waals surface area (Å²) in [6.45, 7) is 2.43. The lowest BCUT2D eigenvalue weighted by atomic mass is 10.2. The summed E-state index contributed by atoms with van der Waals surface area (Å²) in [7, 11) is 2.95. The predicted molar refractivity (Wildman–Crippen MR) is 87.3 cm³/mol. The fourth-order valence-corrected chi connectivity index (χ4v) is 3.95. The first-order valence-electron chi connectivity index (χ1n) is 7.14. The number of rotatable bonds is 7. The number of hydrogen-bond acceptors (Lipinski definition) is 7.